The minimum Gasteiger partial charge on any atom is -0.384 e. The number of aromatic nitrogens is 2. The average molecular weight is 351 g/mol. The lowest BCUT2D eigenvalue weighted by atomic mass is 10.2. The Bertz CT molecular complexity index is 869. The summed E-state index contributed by atoms with van der Waals surface area (Å²) in [6.45, 7) is 2.09. The molecule has 24 heavy (non-hydrogen) atoms. The first-order valence-corrected chi connectivity index (χ1v) is 7.86. The van der Waals surface area contributed by atoms with Gasteiger partial charge in [-0.1, -0.05) is 18.5 Å². The van der Waals surface area contributed by atoms with Gasteiger partial charge >= 0.3 is 5.69 Å². The Kier molecular flexibility index (Phi) is 5.46. The summed E-state index contributed by atoms with van der Waals surface area (Å²) >= 11 is 5.80. The predicted molar refractivity (Wildman–Crippen MR) is 94.9 cm³/mol. The second-order valence-corrected chi connectivity index (χ2v) is 5.78. The van der Waals surface area contributed by atoms with Crippen LogP contribution in [-0.2, 0) is 13.6 Å². The van der Waals surface area contributed by atoms with Crippen molar-refractivity contribution in [2.24, 2.45) is 7.05 Å². The summed E-state index contributed by atoms with van der Waals surface area (Å²) in [6.07, 6.45) is 0.652. The molecular formula is C16H19ClN4O3. The van der Waals surface area contributed by atoms with E-state index < -0.39 is 17.0 Å². The molecule has 2 aromatic rings. The van der Waals surface area contributed by atoms with Crippen molar-refractivity contribution in [2.75, 3.05) is 17.6 Å². The summed E-state index contributed by atoms with van der Waals surface area (Å²) in [5.41, 5.74) is 5.21. The van der Waals surface area contributed by atoms with Crippen LogP contribution in [0.25, 0.3) is 0 Å². The summed E-state index contributed by atoms with van der Waals surface area (Å²) in [5.74, 6) is -0.569. The zero-order valence-electron chi connectivity index (χ0n) is 13.5. The molecule has 0 atom stereocenters. The van der Waals surface area contributed by atoms with Crippen LogP contribution in [0.15, 0.2) is 33.9 Å². The second-order valence-electron chi connectivity index (χ2n) is 5.34. The zero-order valence-corrected chi connectivity index (χ0v) is 14.3. The lowest BCUT2D eigenvalue weighted by Gasteiger charge is -2.14. The van der Waals surface area contributed by atoms with Crippen LogP contribution in [0.1, 0.15) is 23.7 Å². The first-order valence-electron chi connectivity index (χ1n) is 7.48. The van der Waals surface area contributed by atoms with Crippen LogP contribution in [0.3, 0.4) is 0 Å². The van der Waals surface area contributed by atoms with E-state index in [0.29, 0.717) is 23.7 Å². The minimum absolute atomic E-state index is 0.0899. The average Bonchev–Trinajstić information content (AvgIpc) is 2.56. The number of halogens is 1. The van der Waals surface area contributed by atoms with Crippen LogP contribution in [0.2, 0.25) is 5.02 Å². The van der Waals surface area contributed by atoms with Gasteiger partial charge in [-0.05, 0) is 30.7 Å². The van der Waals surface area contributed by atoms with Crippen LogP contribution >= 0.6 is 11.6 Å². The fraction of sp³-hybridized carbons (Fsp3) is 0.312. The summed E-state index contributed by atoms with van der Waals surface area (Å²) < 4.78 is 2.15. The molecule has 1 aromatic heterocycles. The highest BCUT2D eigenvalue weighted by Gasteiger charge is 2.20. The van der Waals surface area contributed by atoms with Crippen LogP contribution < -0.4 is 22.3 Å². The van der Waals surface area contributed by atoms with Gasteiger partial charge in [0.25, 0.3) is 5.56 Å². The van der Waals surface area contributed by atoms with Crippen molar-refractivity contribution in [1.29, 1.82) is 0 Å². The molecule has 8 heteroatoms. The highest BCUT2D eigenvalue weighted by atomic mass is 35.5. The van der Waals surface area contributed by atoms with E-state index in [1.165, 1.54) is 11.6 Å². The number of Topliss-reactive ketones (excluding diaryl/α,β-unsaturated/α-hetero) is 1. The lowest BCUT2D eigenvalue weighted by molar-refractivity contribution is 0.100. The maximum Gasteiger partial charge on any atom is 0.332 e. The second kappa shape index (κ2) is 7.35. The monoisotopic (exact) mass is 350 g/mol. The molecule has 3 N–H and O–H groups in total. The molecule has 0 unspecified atom stereocenters. The van der Waals surface area contributed by atoms with Gasteiger partial charge in [0.2, 0.25) is 0 Å². The molecule has 1 heterocycles. The summed E-state index contributed by atoms with van der Waals surface area (Å²) in [7, 11) is 1.33. The van der Waals surface area contributed by atoms with E-state index in [1.54, 1.807) is 24.3 Å². The molecule has 0 aliphatic heterocycles. The molecule has 0 spiro atoms. The Morgan fingerprint density at radius 1 is 1.25 bits per heavy atom. The molecule has 7 nitrogen and oxygen atoms in total. The Morgan fingerprint density at radius 3 is 2.46 bits per heavy atom. The number of hydrogen-bond donors (Lipinski definition) is 2. The van der Waals surface area contributed by atoms with Gasteiger partial charge < -0.3 is 11.1 Å². The Morgan fingerprint density at radius 2 is 1.88 bits per heavy atom. The number of carbonyl (C=O) groups is 1. The number of carbonyl (C=O) groups excluding carboxylic acids is 1. The minimum atomic E-state index is -0.687. The number of ketones is 1. The van der Waals surface area contributed by atoms with Crippen molar-refractivity contribution in [1.82, 2.24) is 9.13 Å². The first kappa shape index (κ1) is 17.8. The number of anilines is 2. The number of nitrogens with two attached hydrogens (primary N) is 1. The Labute approximate surface area is 143 Å². The molecule has 2 rings (SSSR count). The highest BCUT2D eigenvalue weighted by Crippen LogP contribution is 2.14. The molecule has 0 aliphatic rings. The molecule has 1 aromatic carbocycles. The smallest absolute Gasteiger partial charge is 0.332 e. The summed E-state index contributed by atoms with van der Waals surface area (Å²) in [4.78, 5) is 36.8. The number of nitrogens with one attached hydrogen (secondary N) is 1. The predicted octanol–water partition coefficient (Wildman–Crippen LogP) is 1.49. The van der Waals surface area contributed by atoms with E-state index in [1.807, 2.05) is 6.92 Å². The van der Waals surface area contributed by atoms with Gasteiger partial charge in [-0.3, -0.25) is 18.7 Å². The molecule has 0 aliphatic carbocycles. The SMILES string of the molecule is CCCn1c(N)c(C(=O)CNc2ccc(Cl)cc2)c(=O)n(C)c1=O. The Hall–Kier alpha value is -2.54. The molecule has 0 radical (unpaired) electrons. The topological polar surface area (TPSA) is 99.1 Å². The molecule has 128 valence electrons. The van der Waals surface area contributed by atoms with Crippen molar-refractivity contribution in [3.8, 4) is 0 Å². The normalized spacial score (nSPS) is 10.6. The van der Waals surface area contributed by atoms with Gasteiger partial charge in [-0.2, -0.15) is 0 Å². The van der Waals surface area contributed by atoms with Gasteiger partial charge in [-0.25, -0.2) is 4.79 Å². The van der Waals surface area contributed by atoms with Crippen molar-refractivity contribution < 1.29 is 4.79 Å². The third-order valence-electron chi connectivity index (χ3n) is 3.61. The number of hydrogen-bond acceptors (Lipinski definition) is 5. The van der Waals surface area contributed by atoms with E-state index >= 15 is 0 Å². The maximum atomic E-state index is 12.4. The summed E-state index contributed by atoms with van der Waals surface area (Å²) in [6, 6.07) is 6.80. The van der Waals surface area contributed by atoms with Gasteiger partial charge in [0.15, 0.2) is 5.78 Å². The van der Waals surface area contributed by atoms with E-state index in [2.05, 4.69) is 5.32 Å². The standard InChI is InChI=1S/C16H19ClN4O3/c1-3-8-21-14(18)13(15(23)20(2)16(21)24)12(22)9-19-11-6-4-10(17)5-7-11/h4-7,19H,3,8-9,18H2,1-2H3. The lowest BCUT2D eigenvalue weighted by Crippen LogP contribution is -2.43. The molecule has 0 amide bonds. The van der Waals surface area contributed by atoms with Crippen molar-refractivity contribution in [3.05, 3.63) is 55.7 Å². The summed E-state index contributed by atoms with van der Waals surface area (Å²) in [5, 5.41) is 3.49. The molecule has 0 saturated carbocycles. The van der Waals surface area contributed by atoms with E-state index in [4.69, 9.17) is 17.3 Å². The van der Waals surface area contributed by atoms with E-state index in [9.17, 15) is 14.4 Å². The quantitative estimate of drug-likeness (QED) is 0.769. The van der Waals surface area contributed by atoms with Crippen LogP contribution in [0.4, 0.5) is 11.5 Å². The fourth-order valence-corrected chi connectivity index (χ4v) is 2.45. The molecular weight excluding hydrogens is 332 g/mol. The number of benzene rings is 1. The number of nitrogens with zero attached hydrogens (tertiary/aromatic N) is 2. The van der Waals surface area contributed by atoms with Crippen LogP contribution in [0.5, 0.6) is 0 Å². The number of rotatable bonds is 6. The molecule has 0 saturated heterocycles. The van der Waals surface area contributed by atoms with Gasteiger partial charge in [-0.15, -0.1) is 0 Å². The van der Waals surface area contributed by atoms with Crippen molar-refractivity contribution in [3.63, 3.8) is 0 Å². The largest absolute Gasteiger partial charge is 0.384 e. The fourth-order valence-electron chi connectivity index (χ4n) is 2.32. The molecule has 0 bridgehead atoms. The van der Waals surface area contributed by atoms with Crippen molar-refractivity contribution in [2.45, 2.75) is 19.9 Å². The van der Waals surface area contributed by atoms with Crippen LogP contribution in [-0.4, -0.2) is 21.5 Å². The van der Waals surface area contributed by atoms with Gasteiger partial charge in [0.1, 0.15) is 11.4 Å². The van der Waals surface area contributed by atoms with E-state index in [-0.39, 0.29) is 17.9 Å². The maximum absolute atomic E-state index is 12.4. The zero-order chi connectivity index (χ0) is 17.9. The Balaban J connectivity index is 2.33. The van der Waals surface area contributed by atoms with Gasteiger partial charge in [0.05, 0.1) is 6.54 Å². The number of nitrogen functional groups attached to an aromatic ring is 1. The highest BCUT2D eigenvalue weighted by molar-refractivity contribution is 6.30. The third kappa shape index (κ3) is 3.51. The van der Waals surface area contributed by atoms with E-state index in [0.717, 1.165) is 4.57 Å². The third-order valence-corrected chi connectivity index (χ3v) is 3.86. The first-order chi connectivity index (χ1) is 11.4. The van der Waals surface area contributed by atoms with Crippen molar-refractivity contribution >= 4 is 28.9 Å². The van der Waals surface area contributed by atoms with Crippen LogP contribution in [0, 0.1) is 0 Å². The molecule has 0 fully saturated rings. The van der Waals surface area contributed by atoms with Gasteiger partial charge in [0, 0.05) is 24.3 Å².